The van der Waals surface area contributed by atoms with Crippen molar-refractivity contribution in [2.45, 2.75) is 32.2 Å². The van der Waals surface area contributed by atoms with Crippen molar-refractivity contribution in [2.75, 3.05) is 0 Å². The van der Waals surface area contributed by atoms with Gasteiger partial charge in [-0.25, -0.2) is 0 Å². The fraction of sp³-hybridized carbons (Fsp3) is 0.600. The van der Waals surface area contributed by atoms with Crippen LogP contribution in [0.4, 0.5) is 0 Å². The second kappa shape index (κ2) is 4.91. The predicted octanol–water partition coefficient (Wildman–Crippen LogP) is 0.659. The number of Topliss-reactive ketones (excluding diaryl/α,β-unsaturated/α-hetero) is 1. The molecule has 0 radical (unpaired) electrons. The highest BCUT2D eigenvalue weighted by Gasteiger charge is 2.06. The molecule has 4 heteroatoms. The number of nitrogens with two attached hydrogens (primary N) is 1. The van der Waals surface area contributed by atoms with Gasteiger partial charge < -0.3 is 5.73 Å². The van der Waals surface area contributed by atoms with E-state index < -0.39 is 0 Å². The number of aryl methyl sites for hydroxylation is 2. The van der Waals surface area contributed by atoms with E-state index in [1.807, 2.05) is 20.2 Å². The zero-order chi connectivity index (χ0) is 10.6. The third kappa shape index (κ3) is 3.70. The molecule has 0 aliphatic heterocycles. The Bertz CT molecular complexity index is 304. The van der Waals surface area contributed by atoms with Crippen LogP contribution in [0.15, 0.2) is 12.4 Å². The second-order valence-corrected chi connectivity index (χ2v) is 3.74. The Balaban J connectivity index is 2.30. The van der Waals surface area contributed by atoms with Gasteiger partial charge in [-0.1, -0.05) is 0 Å². The number of nitrogens with zero attached hydrogens (tertiary/aromatic N) is 2. The number of ketones is 1. The van der Waals surface area contributed by atoms with E-state index in [1.54, 1.807) is 10.9 Å². The third-order valence-corrected chi connectivity index (χ3v) is 2.00. The van der Waals surface area contributed by atoms with Crippen LogP contribution in [-0.4, -0.2) is 21.6 Å². The van der Waals surface area contributed by atoms with Crippen LogP contribution < -0.4 is 5.73 Å². The molecule has 1 unspecified atom stereocenters. The molecule has 4 nitrogen and oxygen atoms in total. The van der Waals surface area contributed by atoms with Gasteiger partial charge in [-0.2, -0.15) is 5.10 Å². The van der Waals surface area contributed by atoms with Crippen LogP contribution in [0, 0.1) is 0 Å². The quantitative estimate of drug-likeness (QED) is 0.750. The topological polar surface area (TPSA) is 60.9 Å². The first-order chi connectivity index (χ1) is 6.58. The summed E-state index contributed by atoms with van der Waals surface area (Å²) < 4.78 is 1.74. The maximum Gasteiger partial charge on any atom is 0.134 e. The molecule has 78 valence electrons. The Hall–Kier alpha value is -1.16. The van der Waals surface area contributed by atoms with E-state index >= 15 is 0 Å². The summed E-state index contributed by atoms with van der Waals surface area (Å²) in [4.78, 5) is 11.3. The molecule has 0 amide bonds. The summed E-state index contributed by atoms with van der Waals surface area (Å²) in [6.45, 7) is 1.85. The van der Waals surface area contributed by atoms with E-state index in [1.165, 1.54) is 0 Å². The van der Waals surface area contributed by atoms with E-state index in [0.717, 1.165) is 12.0 Å². The smallest absolute Gasteiger partial charge is 0.134 e. The van der Waals surface area contributed by atoms with Crippen molar-refractivity contribution in [3.05, 3.63) is 18.0 Å². The van der Waals surface area contributed by atoms with E-state index in [4.69, 9.17) is 5.73 Å². The van der Waals surface area contributed by atoms with Crippen molar-refractivity contribution in [3.63, 3.8) is 0 Å². The normalized spacial score (nSPS) is 12.8. The van der Waals surface area contributed by atoms with Gasteiger partial charge in [0.1, 0.15) is 5.78 Å². The number of carbonyl (C=O) groups excluding carboxylic acids is 1. The molecule has 0 fully saturated rings. The average molecular weight is 195 g/mol. The number of rotatable bonds is 5. The monoisotopic (exact) mass is 195 g/mol. The first kappa shape index (κ1) is 10.9. The highest BCUT2D eigenvalue weighted by molar-refractivity contribution is 5.79. The number of aromatic nitrogens is 2. The Morgan fingerprint density at radius 1 is 1.71 bits per heavy atom. The highest BCUT2D eigenvalue weighted by Crippen LogP contribution is 2.03. The Morgan fingerprint density at radius 3 is 2.93 bits per heavy atom. The maximum absolute atomic E-state index is 11.3. The zero-order valence-electron chi connectivity index (χ0n) is 8.73. The summed E-state index contributed by atoms with van der Waals surface area (Å²) in [6, 6.07) is -0.0311. The molecule has 0 aliphatic carbocycles. The number of hydrogen-bond donors (Lipinski definition) is 1. The number of hydrogen-bond acceptors (Lipinski definition) is 3. The Kier molecular flexibility index (Phi) is 3.83. The number of carbonyl (C=O) groups is 1. The molecule has 0 aliphatic rings. The summed E-state index contributed by atoms with van der Waals surface area (Å²) in [6.07, 6.45) is 5.52. The molecular formula is C10H17N3O. The summed E-state index contributed by atoms with van der Waals surface area (Å²) in [5.74, 6) is 0.226. The minimum absolute atomic E-state index is 0.0311. The molecule has 1 aromatic rings. The lowest BCUT2D eigenvalue weighted by Crippen LogP contribution is -2.19. The van der Waals surface area contributed by atoms with Gasteiger partial charge in [-0.15, -0.1) is 0 Å². The molecule has 1 heterocycles. The van der Waals surface area contributed by atoms with Crippen LogP contribution >= 0.6 is 0 Å². The highest BCUT2D eigenvalue weighted by atomic mass is 16.1. The first-order valence-corrected chi connectivity index (χ1v) is 4.82. The van der Waals surface area contributed by atoms with Crippen molar-refractivity contribution in [2.24, 2.45) is 12.8 Å². The van der Waals surface area contributed by atoms with Gasteiger partial charge in [-0.05, 0) is 18.9 Å². The van der Waals surface area contributed by atoms with Gasteiger partial charge >= 0.3 is 0 Å². The molecule has 0 saturated heterocycles. The molecular weight excluding hydrogens is 178 g/mol. The van der Waals surface area contributed by atoms with Crippen LogP contribution in [0.5, 0.6) is 0 Å². The van der Waals surface area contributed by atoms with Crippen molar-refractivity contribution < 1.29 is 4.79 Å². The van der Waals surface area contributed by atoms with Gasteiger partial charge in [0.15, 0.2) is 0 Å². The molecule has 0 spiro atoms. The summed E-state index contributed by atoms with van der Waals surface area (Å²) in [5, 5.41) is 4.04. The van der Waals surface area contributed by atoms with Crippen molar-refractivity contribution >= 4 is 5.78 Å². The van der Waals surface area contributed by atoms with Gasteiger partial charge in [0, 0.05) is 32.1 Å². The average Bonchev–Trinajstić information content (AvgIpc) is 2.47. The molecule has 14 heavy (non-hydrogen) atoms. The summed E-state index contributed by atoms with van der Waals surface area (Å²) in [5.41, 5.74) is 6.63. The van der Waals surface area contributed by atoms with Crippen molar-refractivity contribution in [1.82, 2.24) is 9.78 Å². The summed E-state index contributed by atoms with van der Waals surface area (Å²) >= 11 is 0. The van der Waals surface area contributed by atoms with E-state index in [0.29, 0.717) is 12.8 Å². The van der Waals surface area contributed by atoms with Gasteiger partial charge in [0.25, 0.3) is 0 Å². The first-order valence-electron chi connectivity index (χ1n) is 4.82. The second-order valence-electron chi connectivity index (χ2n) is 3.74. The van der Waals surface area contributed by atoms with Crippen LogP contribution in [0.3, 0.4) is 0 Å². The molecule has 0 aromatic carbocycles. The summed E-state index contributed by atoms with van der Waals surface area (Å²) in [7, 11) is 1.87. The lowest BCUT2D eigenvalue weighted by atomic mass is 10.1. The minimum atomic E-state index is -0.0311. The third-order valence-electron chi connectivity index (χ3n) is 2.00. The van der Waals surface area contributed by atoms with E-state index in [9.17, 15) is 4.79 Å². The maximum atomic E-state index is 11.3. The SMILES string of the molecule is CC(N)CC(=O)CCc1cnn(C)c1. The fourth-order valence-electron chi connectivity index (χ4n) is 1.35. The fourth-order valence-corrected chi connectivity index (χ4v) is 1.35. The standard InChI is InChI=1S/C10H17N3O/c1-8(11)5-10(14)4-3-9-6-12-13(2)7-9/h6-8H,3-5,11H2,1-2H3. The van der Waals surface area contributed by atoms with Gasteiger partial charge in [0.05, 0.1) is 6.20 Å². The lowest BCUT2D eigenvalue weighted by molar-refractivity contribution is -0.119. The lowest BCUT2D eigenvalue weighted by Gasteiger charge is -2.02. The molecule has 1 aromatic heterocycles. The minimum Gasteiger partial charge on any atom is -0.328 e. The zero-order valence-corrected chi connectivity index (χ0v) is 8.73. The molecule has 1 atom stereocenters. The molecule has 0 saturated carbocycles. The molecule has 1 rings (SSSR count). The predicted molar refractivity (Wildman–Crippen MR) is 54.8 cm³/mol. The van der Waals surface area contributed by atoms with Gasteiger partial charge in [0.2, 0.25) is 0 Å². The van der Waals surface area contributed by atoms with Crippen molar-refractivity contribution in [1.29, 1.82) is 0 Å². The van der Waals surface area contributed by atoms with Gasteiger partial charge in [-0.3, -0.25) is 9.48 Å². The Morgan fingerprint density at radius 2 is 2.43 bits per heavy atom. The van der Waals surface area contributed by atoms with Crippen LogP contribution in [0.2, 0.25) is 0 Å². The van der Waals surface area contributed by atoms with E-state index in [-0.39, 0.29) is 11.8 Å². The largest absolute Gasteiger partial charge is 0.328 e. The molecule has 0 bridgehead atoms. The molecule has 2 N–H and O–H groups in total. The van der Waals surface area contributed by atoms with E-state index in [2.05, 4.69) is 5.10 Å². The van der Waals surface area contributed by atoms with Crippen molar-refractivity contribution in [3.8, 4) is 0 Å². The Labute approximate surface area is 84.1 Å². The van der Waals surface area contributed by atoms with Crippen LogP contribution in [-0.2, 0) is 18.3 Å². The van der Waals surface area contributed by atoms with Crippen LogP contribution in [0.25, 0.3) is 0 Å². The van der Waals surface area contributed by atoms with Crippen LogP contribution in [0.1, 0.15) is 25.3 Å².